The van der Waals surface area contributed by atoms with Gasteiger partial charge in [-0.3, -0.25) is 4.79 Å². The van der Waals surface area contributed by atoms with Crippen LogP contribution >= 0.6 is 22.7 Å². The minimum atomic E-state index is 0.103. The van der Waals surface area contributed by atoms with E-state index >= 15 is 0 Å². The number of para-hydroxylation sites is 1. The Morgan fingerprint density at radius 2 is 1.90 bits per heavy atom. The highest BCUT2D eigenvalue weighted by Gasteiger charge is 2.20. The van der Waals surface area contributed by atoms with Crippen LogP contribution in [0, 0.1) is 0 Å². The van der Waals surface area contributed by atoms with Gasteiger partial charge in [0.15, 0.2) is 11.5 Å². The molecule has 158 valence electrons. The number of thiophene rings is 1. The number of nitrogens with zero attached hydrogens (tertiary/aromatic N) is 2. The third kappa shape index (κ3) is 4.57. The third-order valence-electron chi connectivity index (χ3n) is 5.15. The lowest BCUT2D eigenvalue weighted by atomic mass is 10.2. The average Bonchev–Trinajstić information content (AvgIpc) is 3.46. The summed E-state index contributed by atoms with van der Waals surface area (Å²) in [4.78, 5) is 20.9. The summed E-state index contributed by atoms with van der Waals surface area (Å²) in [5.74, 6) is 1.53. The fourth-order valence-corrected chi connectivity index (χ4v) is 5.34. The van der Waals surface area contributed by atoms with E-state index in [1.165, 1.54) is 4.70 Å². The lowest BCUT2D eigenvalue weighted by molar-refractivity contribution is -0.118. The van der Waals surface area contributed by atoms with E-state index in [-0.39, 0.29) is 5.91 Å². The van der Waals surface area contributed by atoms with Crippen LogP contribution in [0.4, 0.5) is 5.69 Å². The van der Waals surface area contributed by atoms with E-state index in [0.29, 0.717) is 31.9 Å². The summed E-state index contributed by atoms with van der Waals surface area (Å²) in [6.07, 6.45) is 2.04. The molecule has 0 N–H and O–H groups in total. The van der Waals surface area contributed by atoms with Crippen molar-refractivity contribution in [2.24, 2.45) is 0 Å². The number of thiazole rings is 1. The summed E-state index contributed by atoms with van der Waals surface area (Å²) in [5.41, 5.74) is 1.87. The molecule has 5 nitrogen and oxygen atoms in total. The normalized spacial score (nSPS) is 12.8. The molecule has 2 aromatic carbocycles. The molecular formula is C24H22N2O3S2. The van der Waals surface area contributed by atoms with E-state index in [2.05, 4.69) is 17.1 Å². The maximum absolute atomic E-state index is 13.2. The van der Waals surface area contributed by atoms with Gasteiger partial charge in [0, 0.05) is 23.1 Å². The number of anilines is 1. The molecule has 0 fully saturated rings. The molecule has 1 aliphatic heterocycles. The molecule has 5 rings (SSSR count). The lowest BCUT2D eigenvalue weighted by Gasteiger charge is -2.25. The molecule has 0 saturated heterocycles. The van der Waals surface area contributed by atoms with Crippen LogP contribution < -0.4 is 14.4 Å². The van der Waals surface area contributed by atoms with Gasteiger partial charge in [0.2, 0.25) is 5.91 Å². The van der Waals surface area contributed by atoms with Crippen LogP contribution in [0.25, 0.3) is 10.2 Å². The lowest BCUT2D eigenvalue weighted by Crippen LogP contribution is -2.30. The molecule has 31 heavy (non-hydrogen) atoms. The van der Waals surface area contributed by atoms with Gasteiger partial charge in [-0.25, -0.2) is 4.98 Å². The first-order chi connectivity index (χ1) is 15.3. The third-order valence-corrected chi connectivity index (χ3v) is 7.11. The zero-order valence-electron chi connectivity index (χ0n) is 17.0. The zero-order valence-corrected chi connectivity index (χ0v) is 18.6. The number of amides is 1. The SMILES string of the molecule is O=C(CCCc1nc2ccccc2s1)N(Cc1cccs1)c1ccc2c(c1)OCCO2. The summed E-state index contributed by atoms with van der Waals surface area (Å²) in [6.45, 7) is 1.63. The van der Waals surface area contributed by atoms with Crippen molar-refractivity contribution in [3.8, 4) is 11.5 Å². The second kappa shape index (κ2) is 9.08. The standard InChI is InChI=1S/C24H22N2O3S2/c27-24(9-3-8-23-25-19-6-1-2-7-22(19)31-23)26(16-18-5-4-14-30-18)17-10-11-20-21(15-17)29-13-12-28-20/h1-2,4-7,10-11,14-15H,3,8-9,12-13,16H2. The molecule has 4 aromatic rings. The summed E-state index contributed by atoms with van der Waals surface area (Å²) >= 11 is 3.37. The Labute approximate surface area is 188 Å². The number of rotatable bonds is 7. The molecule has 0 aliphatic carbocycles. The van der Waals surface area contributed by atoms with Gasteiger partial charge in [-0.2, -0.15) is 0 Å². The number of hydrogen-bond donors (Lipinski definition) is 0. The van der Waals surface area contributed by atoms with Crippen molar-refractivity contribution in [3.63, 3.8) is 0 Å². The smallest absolute Gasteiger partial charge is 0.227 e. The van der Waals surface area contributed by atoms with Crippen molar-refractivity contribution in [3.05, 3.63) is 69.9 Å². The predicted octanol–water partition coefficient (Wildman–Crippen LogP) is 5.69. The Bertz CT molecular complexity index is 1150. The second-order valence-electron chi connectivity index (χ2n) is 7.32. The quantitative estimate of drug-likeness (QED) is 0.363. The van der Waals surface area contributed by atoms with Crippen LogP contribution in [0.3, 0.4) is 0 Å². The fraction of sp³-hybridized carbons (Fsp3) is 0.250. The van der Waals surface area contributed by atoms with Crippen molar-refractivity contribution in [1.29, 1.82) is 0 Å². The largest absolute Gasteiger partial charge is 0.486 e. The van der Waals surface area contributed by atoms with Gasteiger partial charge < -0.3 is 14.4 Å². The van der Waals surface area contributed by atoms with E-state index in [1.807, 2.05) is 52.7 Å². The van der Waals surface area contributed by atoms with Crippen LogP contribution in [0.15, 0.2) is 60.0 Å². The summed E-state index contributed by atoms with van der Waals surface area (Å²) < 4.78 is 12.6. The van der Waals surface area contributed by atoms with Crippen molar-refractivity contribution in [2.75, 3.05) is 18.1 Å². The topological polar surface area (TPSA) is 51.7 Å². The number of aryl methyl sites for hydroxylation is 1. The maximum Gasteiger partial charge on any atom is 0.227 e. The van der Waals surface area contributed by atoms with Gasteiger partial charge in [-0.15, -0.1) is 22.7 Å². The van der Waals surface area contributed by atoms with E-state index in [0.717, 1.165) is 39.7 Å². The highest BCUT2D eigenvalue weighted by atomic mass is 32.1. The summed E-state index contributed by atoms with van der Waals surface area (Å²) in [7, 11) is 0. The molecule has 1 amide bonds. The number of hydrogen-bond acceptors (Lipinski definition) is 6. The van der Waals surface area contributed by atoms with Gasteiger partial charge in [0.1, 0.15) is 13.2 Å². The van der Waals surface area contributed by atoms with Crippen molar-refractivity contribution < 1.29 is 14.3 Å². The molecule has 0 saturated carbocycles. The van der Waals surface area contributed by atoms with Crippen molar-refractivity contribution in [1.82, 2.24) is 4.98 Å². The van der Waals surface area contributed by atoms with Gasteiger partial charge in [-0.05, 0) is 48.6 Å². The van der Waals surface area contributed by atoms with E-state index in [1.54, 1.807) is 22.7 Å². The summed E-state index contributed by atoms with van der Waals surface area (Å²) in [6, 6.07) is 18.0. The minimum absolute atomic E-state index is 0.103. The molecule has 0 spiro atoms. The number of carbonyl (C=O) groups excluding carboxylic acids is 1. The molecule has 0 bridgehead atoms. The molecule has 0 unspecified atom stereocenters. The maximum atomic E-state index is 13.2. The molecule has 1 aliphatic rings. The van der Waals surface area contributed by atoms with Gasteiger partial charge in [0.25, 0.3) is 0 Å². The second-order valence-corrected chi connectivity index (χ2v) is 9.46. The van der Waals surface area contributed by atoms with Crippen LogP contribution in [0.2, 0.25) is 0 Å². The Balaban J connectivity index is 1.30. The number of benzene rings is 2. The minimum Gasteiger partial charge on any atom is -0.486 e. The highest BCUT2D eigenvalue weighted by molar-refractivity contribution is 7.18. The van der Waals surface area contributed by atoms with Crippen LogP contribution in [-0.2, 0) is 17.8 Å². The fourth-order valence-electron chi connectivity index (χ4n) is 3.63. The molecule has 0 atom stereocenters. The number of carbonyl (C=O) groups is 1. The molecule has 7 heteroatoms. The first-order valence-corrected chi connectivity index (χ1v) is 12.0. The zero-order chi connectivity index (χ0) is 21.0. The first kappa shape index (κ1) is 20.0. The van der Waals surface area contributed by atoms with E-state index < -0.39 is 0 Å². The van der Waals surface area contributed by atoms with Crippen LogP contribution in [-0.4, -0.2) is 24.1 Å². The first-order valence-electron chi connectivity index (χ1n) is 10.3. The highest BCUT2D eigenvalue weighted by Crippen LogP contribution is 2.35. The monoisotopic (exact) mass is 450 g/mol. The Morgan fingerprint density at radius 3 is 2.74 bits per heavy atom. The number of ether oxygens (including phenoxy) is 2. The Hall–Kier alpha value is -2.90. The molecule has 2 aromatic heterocycles. The number of aromatic nitrogens is 1. The van der Waals surface area contributed by atoms with Gasteiger partial charge in [0.05, 0.1) is 21.8 Å². The average molecular weight is 451 g/mol. The summed E-state index contributed by atoms with van der Waals surface area (Å²) in [5, 5.41) is 3.12. The van der Waals surface area contributed by atoms with Gasteiger partial charge in [-0.1, -0.05) is 18.2 Å². The van der Waals surface area contributed by atoms with E-state index in [9.17, 15) is 4.79 Å². The van der Waals surface area contributed by atoms with Crippen LogP contribution in [0.5, 0.6) is 11.5 Å². The van der Waals surface area contributed by atoms with Gasteiger partial charge >= 0.3 is 0 Å². The molecule has 3 heterocycles. The van der Waals surface area contributed by atoms with E-state index in [4.69, 9.17) is 9.47 Å². The van der Waals surface area contributed by atoms with Crippen molar-refractivity contribution >= 4 is 44.5 Å². The Morgan fingerprint density at radius 1 is 1.03 bits per heavy atom. The molecule has 0 radical (unpaired) electrons. The predicted molar refractivity (Wildman–Crippen MR) is 125 cm³/mol. The number of fused-ring (bicyclic) bond motifs is 2. The van der Waals surface area contributed by atoms with Crippen molar-refractivity contribution in [2.45, 2.75) is 25.8 Å². The molecular weight excluding hydrogens is 428 g/mol. The Kier molecular flexibility index (Phi) is 5.86. The van der Waals surface area contributed by atoms with Crippen LogP contribution in [0.1, 0.15) is 22.7 Å².